The molecule has 1 aromatic heterocycles. The second-order valence-electron chi connectivity index (χ2n) is 5.67. The number of benzene rings is 1. The van der Waals surface area contributed by atoms with Crippen molar-refractivity contribution in [3.05, 3.63) is 58.7 Å². The van der Waals surface area contributed by atoms with Crippen LogP contribution in [0.5, 0.6) is 5.75 Å². The van der Waals surface area contributed by atoms with Gasteiger partial charge in [-0.1, -0.05) is 12.1 Å². The molecular weight excluding hydrogens is 299 g/mol. The second-order valence-corrected chi connectivity index (χ2v) is 5.67. The molecule has 2 aromatic rings. The van der Waals surface area contributed by atoms with Crippen LogP contribution < -0.4 is 5.32 Å². The van der Waals surface area contributed by atoms with Crippen LogP contribution in [0.2, 0.25) is 0 Å². The molecule has 1 aliphatic carbocycles. The number of carbonyl (C=O) groups is 1. The Labute approximate surface area is 132 Å². The van der Waals surface area contributed by atoms with Crippen molar-refractivity contribution in [1.82, 2.24) is 10.3 Å². The Morgan fingerprint density at radius 3 is 2.74 bits per heavy atom. The third kappa shape index (κ3) is 3.48. The van der Waals surface area contributed by atoms with E-state index >= 15 is 0 Å². The fraction of sp³-hybridized carbons (Fsp3) is 0.294. The Morgan fingerprint density at radius 1 is 1.26 bits per heavy atom. The molecule has 0 aliphatic heterocycles. The zero-order valence-corrected chi connectivity index (χ0v) is 12.4. The van der Waals surface area contributed by atoms with E-state index in [1.807, 2.05) is 0 Å². The Morgan fingerprint density at radius 2 is 2.04 bits per heavy atom. The Balaban J connectivity index is 1.68. The number of carboxylic acids is 1. The molecule has 6 heteroatoms. The predicted octanol–water partition coefficient (Wildman–Crippen LogP) is 2.79. The standard InChI is InChI=1S/C17H17FN2O3/c18-14-3-1-2-11(16(14)21)8-19-9-12-6-7-13(17(22)23)15(20-12)10-4-5-10/h1-3,6-7,10,19,21H,4-5,8-9H2,(H,22,23). The molecule has 5 nitrogen and oxygen atoms in total. The zero-order chi connectivity index (χ0) is 16.4. The first-order valence-electron chi connectivity index (χ1n) is 7.46. The van der Waals surface area contributed by atoms with E-state index in [2.05, 4.69) is 10.3 Å². The molecule has 120 valence electrons. The van der Waals surface area contributed by atoms with Crippen LogP contribution in [0.4, 0.5) is 4.39 Å². The van der Waals surface area contributed by atoms with Crippen molar-refractivity contribution < 1.29 is 19.4 Å². The molecule has 1 aliphatic rings. The maximum Gasteiger partial charge on any atom is 0.337 e. The van der Waals surface area contributed by atoms with Gasteiger partial charge in [-0.2, -0.15) is 0 Å². The molecule has 1 saturated carbocycles. The van der Waals surface area contributed by atoms with Crippen LogP contribution in [0, 0.1) is 5.82 Å². The molecule has 0 bridgehead atoms. The summed E-state index contributed by atoms with van der Waals surface area (Å²) >= 11 is 0. The minimum Gasteiger partial charge on any atom is -0.505 e. The normalized spacial score (nSPS) is 14.0. The van der Waals surface area contributed by atoms with Crippen LogP contribution in [0.25, 0.3) is 0 Å². The number of halogens is 1. The van der Waals surface area contributed by atoms with E-state index in [1.54, 1.807) is 18.2 Å². The highest BCUT2D eigenvalue weighted by atomic mass is 19.1. The molecule has 1 heterocycles. The number of carboxylic acid groups (broad SMARTS) is 1. The Bertz CT molecular complexity index is 745. The number of para-hydroxylation sites is 1. The molecule has 1 fully saturated rings. The first kappa shape index (κ1) is 15.4. The average molecular weight is 316 g/mol. The number of nitrogens with zero attached hydrogens (tertiary/aromatic N) is 1. The molecule has 3 rings (SSSR count). The summed E-state index contributed by atoms with van der Waals surface area (Å²) in [5, 5.41) is 21.9. The first-order chi connectivity index (χ1) is 11.1. The molecule has 0 radical (unpaired) electrons. The van der Waals surface area contributed by atoms with Gasteiger partial charge in [0.2, 0.25) is 0 Å². The van der Waals surface area contributed by atoms with Gasteiger partial charge in [-0.25, -0.2) is 9.18 Å². The lowest BCUT2D eigenvalue weighted by molar-refractivity contribution is 0.0695. The van der Waals surface area contributed by atoms with Gasteiger partial charge in [0, 0.05) is 24.6 Å². The number of aromatic carboxylic acids is 1. The maximum absolute atomic E-state index is 13.3. The fourth-order valence-corrected chi connectivity index (χ4v) is 2.49. The van der Waals surface area contributed by atoms with Crippen LogP contribution in [0.15, 0.2) is 30.3 Å². The number of aromatic nitrogens is 1. The van der Waals surface area contributed by atoms with Crippen LogP contribution in [0.1, 0.15) is 46.1 Å². The van der Waals surface area contributed by atoms with Gasteiger partial charge >= 0.3 is 5.97 Å². The van der Waals surface area contributed by atoms with Crippen molar-refractivity contribution in [2.75, 3.05) is 0 Å². The maximum atomic E-state index is 13.3. The van der Waals surface area contributed by atoms with E-state index in [0.29, 0.717) is 24.3 Å². The second kappa shape index (κ2) is 6.34. The highest BCUT2D eigenvalue weighted by Gasteiger charge is 2.29. The first-order valence-corrected chi connectivity index (χ1v) is 7.46. The summed E-state index contributed by atoms with van der Waals surface area (Å²) < 4.78 is 13.3. The summed E-state index contributed by atoms with van der Waals surface area (Å²) in [7, 11) is 0. The quantitative estimate of drug-likeness (QED) is 0.763. The third-order valence-electron chi connectivity index (χ3n) is 3.87. The van der Waals surface area contributed by atoms with Crippen molar-refractivity contribution in [2.24, 2.45) is 0 Å². The van der Waals surface area contributed by atoms with Crippen molar-refractivity contribution >= 4 is 5.97 Å². The third-order valence-corrected chi connectivity index (χ3v) is 3.87. The van der Waals surface area contributed by atoms with Crippen LogP contribution in [0.3, 0.4) is 0 Å². The molecule has 3 N–H and O–H groups in total. The summed E-state index contributed by atoms with van der Waals surface area (Å²) in [5.74, 6) is -1.71. The van der Waals surface area contributed by atoms with E-state index < -0.39 is 11.8 Å². The zero-order valence-electron chi connectivity index (χ0n) is 12.4. The largest absolute Gasteiger partial charge is 0.505 e. The van der Waals surface area contributed by atoms with E-state index in [0.717, 1.165) is 18.5 Å². The molecular formula is C17H17FN2O3. The number of hydrogen-bond donors (Lipinski definition) is 3. The van der Waals surface area contributed by atoms with Gasteiger partial charge in [0.05, 0.1) is 17.0 Å². The van der Waals surface area contributed by atoms with Gasteiger partial charge < -0.3 is 15.5 Å². The van der Waals surface area contributed by atoms with E-state index in [-0.39, 0.29) is 17.2 Å². The number of pyridine rings is 1. The van der Waals surface area contributed by atoms with Crippen LogP contribution in [-0.2, 0) is 13.1 Å². The topological polar surface area (TPSA) is 82.5 Å². The highest BCUT2D eigenvalue weighted by molar-refractivity contribution is 5.89. The minimum atomic E-state index is -0.955. The van der Waals surface area contributed by atoms with E-state index in [1.165, 1.54) is 12.1 Å². The summed E-state index contributed by atoms with van der Waals surface area (Å²) in [6.45, 7) is 0.709. The highest BCUT2D eigenvalue weighted by Crippen LogP contribution is 2.40. The lowest BCUT2D eigenvalue weighted by atomic mass is 10.1. The van der Waals surface area contributed by atoms with Gasteiger partial charge in [0.25, 0.3) is 0 Å². The number of nitrogens with one attached hydrogen (secondary N) is 1. The van der Waals surface area contributed by atoms with Crippen molar-refractivity contribution in [3.8, 4) is 5.75 Å². The smallest absolute Gasteiger partial charge is 0.337 e. The summed E-state index contributed by atoms with van der Waals surface area (Å²) in [6, 6.07) is 7.64. The minimum absolute atomic E-state index is 0.244. The summed E-state index contributed by atoms with van der Waals surface area (Å²) in [6.07, 6.45) is 1.95. The lowest BCUT2D eigenvalue weighted by Crippen LogP contribution is -2.15. The number of phenols is 1. The van der Waals surface area contributed by atoms with Crippen molar-refractivity contribution in [1.29, 1.82) is 0 Å². The van der Waals surface area contributed by atoms with Gasteiger partial charge in [-0.3, -0.25) is 4.98 Å². The number of phenolic OH excluding ortho intramolecular Hbond substituents is 1. The number of hydrogen-bond acceptors (Lipinski definition) is 4. The van der Waals surface area contributed by atoms with Crippen molar-refractivity contribution in [3.63, 3.8) is 0 Å². The van der Waals surface area contributed by atoms with Crippen molar-refractivity contribution in [2.45, 2.75) is 31.8 Å². The SMILES string of the molecule is O=C(O)c1ccc(CNCc2cccc(F)c2O)nc1C1CC1. The molecule has 1 aromatic carbocycles. The Kier molecular flexibility index (Phi) is 4.25. The number of rotatable bonds is 6. The van der Waals surface area contributed by atoms with Gasteiger partial charge in [0.15, 0.2) is 11.6 Å². The summed E-state index contributed by atoms with van der Waals surface area (Å²) in [4.78, 5) is 15.7. The van der Waals surface area contributed by atoms with Crippen LogP contribution >= 0.6 is 0 Å². The lowest BCUT2D eigenvalue weighted by Gasteiger charge is -2.09. The average Bonchev–Trinajstić information content (AvgIpc) is 3.36. The predicted molar refractivity (Wildman–Crippen MR) is 81.8 cm³/mol. The van der Waals surface area contributed by atoms with E-state index in [9.17, 15) is 19.4 Å². The fourth-order valence-electron chi connectivity index (χ4n) is 2.49. The summed E-state index contributed by atoms with van der Waals surface area (Å²) in [5.41, 5.74) is 2.10. The van der Waals surface area contributed by atoms with Gasteiger partial charge in [0.1, 0.15) is 0 Å². The number of aromatic hydroxyl groups is 1. The molecule has 0 unspecified atom stereocenters. The molecule has 23 heavy (non-hydrogen) atoms. The molecule has 0 spiro atoms. The molecule has 0 saturated heterocycles. The van der Waals surface area contributed by atoms with E-state index in [4.69, 9.17) is 0 Å². The molecule has 0 amide bonds. The van der Waals surface area contributed by atoms with Gasteiger partial charge in [-0.15, -0.1) is 0 Å². The monoisotopic (exact) mass is 316 g/mol. The van der Waals surface area contributed by atoms with Gasteiger partial charge in [-0.05, 0) is 31.0 Å². The Hall–Kier alpha value is -2.47. The molecule has 0 atom stereocenters. The van der Waals surface area contributed by atoms with Crippen LogP contribution in [-0.4, -0.2) is 21.2 Å².